The van der Waals surface area contributed by atoms with Crippen LogP contribution in [0.2, 0.25) is 0 Å². The molecule has 6 aliphatic rings. The fraction of sp³-hybridized carbons (Fsp3) is 0.455. The number of halogens is 2. The first-order valence-electron chi connectivity index (χ1n) is 20.5. The number of carbonyl (C=O) groups excluding carboxylic acids is 5. The zero-order chi connectivity index (χ0) is 41.2. The van der Waals surface area contributed by atoms with Crippen LogP contribution < -0.4 is 20.0 Å². The van der Waals surface area contributed by atoms with Gasteiger partial charge in [0.05, 0.1) is 22.8 Å². The van der Waals surface area contributed by atoms with Crippen molar-refractivity contribution in [2.75, 3.05) is 73.6 Å². The predicted molar refractivity (Wildman–Crippen MR) is 214 cm³/mol. The van der Waals surface area contributed by atoms with Crippen LogP contribution in [0.1, 0.15) is 87.7 Å². The number of nitrogens with one attached hydrogen (secondary N) is 1. The number of rotatable bonds is 7. The van der Waals surface area contributed by atoms with Crippen molar-refractivity contribution < 1.29 is 32.8 Å². The summed E-state index contributed by atoms with van der Waals surface area (Å²) in [6.45, 7) is 8.95. The topological polar surface area (TPSA) is 141 Å². The lowest BCUT2D eigenvalue weighted by molar-refractivity contribution is -0.136. The first kappa shape index (κ1) is 38.6. The lowest BCUT2D eigenvalue weighted by Crippen LogP contribution is -2.63. The molecular formula is C44H46F2N8O5. The summed E-state index contributed by atoms with van der Waals surface area (Å²) in [6, 6.07) is 19.3. The molecule has 0 aromatic heterocycles. The molecule has 59 heavy (non-hydrogen) atoms. The maximum Gasteiger partial charge on any atom is 0.265 e. The smallest absolute Gasteiger partial charge is 0.265 e. The number of nitriles is 1. The molecule has 3 aromatic carbocycles. The van der Waals surface area contributed by atoms with Crippen LogP contribution in [0.3, 0.4) is 0 Å². The number of amides is 5. The van der Waals surface area contributed by atoms with Gasteiger partial charge >= 0.3 is 0 Å². The fourth-order valence-corrected chi connectivity index (χ4v) is 10.1. The average Bonchev–Trinajstić information content (AvgIpc) is 3.68. The largest absolute Gasteiger partial charge is 0.371 e. The first-order valence-corrected chi connectivity index (χ1v) is 20.5. The zero-order valence-electron chi connectivity index (χ0n) is 32.9. The van der Waals surface area contributed by atoms with E-state index < -0.39 is 36.1 Å². The van der Waals surface area contributed by atoms with E-state index in [0.29, 0.717) is 24.7 Å². The van der Waals surface area contributed by atoms with Crippen LogP contribution in [-0.4, -0.2) is 121 Å². The van der Waals surface area contributed by atoms with Crippen LogP contribution in [0.15, 0.2) is 60.7 Å². The molecule has 9 rings (SSSR count). The third kappa shape index (κ3) is 6.96. The van der Waals surface area contributed by atoms with Gasteiger partial charge in [0.25, 0.3) is 24.1 Å². The minimum atomic E-state index is -2.70. The van der Waals surface area contributed by atoms with Gasteiger partial charge in [0, 0.05) is 106 Å². The van der Waals surface area contributed by atoms with E-state index in [1.165, 1.54) is 12.1 Å². The quantitative estimate of drug-likeness (QED) is 0.342. The number of piperidine rings is 2. The molecule has 6 heterocycles. The normalized spacial score (nSPS) is 23.5. The molecule has 0 aliphatic carbocycles. The number of anilines is 3. The van der Waals surface area contributed by atoms with Crippen molar-refractivity contribution in [3.63, 3.8) is 0 Å². The van der Waals surface area contributed by atoms with E-state index >= 15 is 0 Å². The molecule has 0 saturated carbocycles. The van der Waals surface area contributed by atoms with Gasteiger partial charge in [0.15, 0.2) is 0 Å². The van der Waals surface area contributed by atoms with Crippen molar-refractivity contribution in [1.82, 2.24) is 20.0 Å². The second-order valence-corrected chi connectivity index (χ2v) is 17.0. The van der Waals surface area contributed by atoms with Gasteiger partial charge in [-0.2, -0.15) is 5.26 Å². The number of alkyl halides is 2. The Morgan fingerprint density at radius 3 is 2.19 bits per heavy atom. The molecule has 2 atom stereocenters. The van der Waals surface area contributed by atoms with E-state index in [0.717, 1.165) is 87.0 Å². The number of hydrogen-bond donors (Lipinski definition) is 1. The molecule has 0 bridgehead atoms. The monoisotopic (exact) mass is 804 g/mol. The Bertz CT molecular complexity index is 2260. The number of carbonyl (C=O) groups is 5. The second-order valence-electron chi connectivity index (χ2n) is 17.0. The molecule has 6 aliphatic heterocycles. The highest BCUT2D eigenvalue weighted by atomic mass is 19.3. The molecule has 1 unspecified atom stereocenters. The SMILES string of the molecule is C[C@H]1CC2(CCN(c3ccc(C(=O)N4CCN(C5CN(c6ccc7c(c6)C(=O)N(C6CCC(=O)NC6=O)C7=O)C5)CC4)cc3)CC2)CN1c1ccc(C#N)c(C(F)F)c1. The first-order chi connectivity index (χ1) is 28.4. The van der Waals surface area contributed by atoms with E-state index in [2.05, 4.69) is 31.8 Å². The van der Waals surface area contributed by atoms with E-state index in [4.69, 9.17) is 0 Å². The lowest BCUT2D eigenvalue weighted by Gasteiger charge is -2.49. The minimum absolute atomic E-state index is 0.0191. The van der Waals surface area contributed by atoms with Crippen molar-refractivity contribution in [2.45, 2.75) is 63.6 Å². The Morgan fingerprint density at radius 1 is 0.831 bits per heavy atom. The van der Waals surface area contributed by atoms with Gasteiger partial charge < -0.3 is 19.6 Å². The molecule has 1 N–H and O–H groups in total. The lowest BCUT2D eigenvalue weighted by atomic mass is 9.76. The van der Waals surface area contributed by atoms with E-state index in [9.17, 15) is 38.0 Å². The Labute approximate surface area is 341 Å². The van der Waals surface area contributed by atoms with Gasteiger partial charge in [0.2, 0.25) is 11.8 Å². The van der Waals surface area contributed by atoms with Crippen LogP contribution in [-0.2, 0) is 9.59 Å². The van der Waals surface area contributed by atoms with Crippen LogP contribution >= 0.6 is 0 Å². The maximum absolute atomic E-state index is 13.7. The summed E-state index contributed by atoms with van der Waals surface area (Å²) in [4.78, 5) is 76.0. The number of benzene rings is 3. The fourth-order valence-electron chi connectivity index (χ4n) is 10.1. The molecule has 0 radical (unpaired) electrons. The molecule has 5 fully saturated rings. The summed E-state index contributed by atoms with van der Waals surface area (Å²) < 4.78 is 27.4. The number of fused-ring (bicyclic) bond motifs is 1. The molecule has 306 valence electrons. The summed E-state index contributed by atoms with van der Waals surface area (Å²) in [7, 11) is 0. The van der Waals surface area contributed by atoms with Crippen molar-refractivity contribution in [3.8, 4) is 6.07 Å². The molecular weight excluding hydrogens is 759 g/mol. The van der Waals surface area contributed by atoms with E-state index in [1.807, 2.05) is 41.3 Å². The molecule has 13 nitrogen and oxygen atoms in total. The number of nitrogens with zero attached hydrogens (tertiary/aromatic N) is 7. The van der Waals surface area contributed by atoms with Crippen molar-refractivity contribution in [2.24, 2.45) is 5.41 Å². The molecule has 5 amide bonds. The van der Waals surface area contributed by atoms with Crippen molar-refractivity contribution in [3.05, 3.63) is 88.5 Å². The standard InChI is InChI=1S/C44H46F2N8O5/c1-27-22-44(26-53(27)32-7-4-29(23-47)35(21-32)39(45)46)12-14-49(15-13-44)30-5-2-28(3-6-30)41(57)51-18-16-50(17-19-51)33-24-52(25-33)31-8-9-34-36(20-31)43(59)54(42(34)58)37-10-11-38(55)48-40(37)56/h2-9,20-21,27,33,37,39H,10-19,22,24-26H2,1H3,(H,48,55,56)/t27-,37?/m0/s1. The molecule has 3 aromatic rings. The summed E-state index contributed by atoms with van der Waals surface area (Å²) in [5.74, 6) is -2.05. The maximum atomic E-state index is 13.7. The van der Waals surface area contributed by atoms with Gasteiger partial charge in [-0.05, 0) is 98.7 Å². The minimum Gasteiger partial charge on any atom is -0.371 e. The summed E-state index contributed by atoms with van der Waals surface area (Å²) >= 11 is 0. The van der Waals surface area contributed by atoms with Gasteiger partial charge in [-0.3, -0.25) is 39.1 Å². The van der Waals surface area contributed by atoms with Crippen molar-refractivity contribution in [1.29, 1.82) is 5.26 Å². The highest BCUT2D eigenvalue weighted by Crippen LogP contribution is 2.46. The van der Waals surface area contributed by atoms with Crippen LogP contribution in [0, 0.1) is 16.7 Å². The molecule has 1 spiro atoms. The van der Waals surface area contributed by atoms with Gasteiger partial charge in [-0.1, -0.05) is 0 Å². The highest BCUT2D eigenvalue weighted by Gasteiger charge is 2.46. The molecule has 15 heteroatoms. The zero-order valence-corrected chi connectivity index (χ0v) is 32.9. The summed E-state index contributed by atoms with van der Waals surface area (Å²) in [5, 5.41) is 11.5. The van der Waals surface area contributed by atoms with Gasteiger partial charge in [0.1, 0.15) is 6.04 Å². The van der Waals surface area contributed by atoms with E-state index in [-0.39, 0.29) is 52.5 Å². The Hall–Kier alpha value is -5.88. The Kier molecular flexibility index (Phi) is 9.86. The van der Waals surface area contributed by atoms with Gasteiger partial charge in [-0.15, -0.1) is 0 Å². The second kappa shape index (κ2) is 15.1. The number of imide groups is 2. The van der Waals surface area contributed by atoms with Gasteiger partial charge in [-0.25, -0.2) is 8.78 Å². The highest BCUT2D eigenvalue weighted by molar-refractivity contribution is 6.23. The predicted octanol–water partition coefficient (Wildman–Crippen LogP) is 4.43. The van der Waals surface area contributed by atoms with Crippen LogP contribution in [0.5, 0.6) is 0 Å². The Balaban J connectivity index is 0.742. The average molecular weight is 805 g/mol. The van der Waals surface area contributed by atoms with E-state index in [1.54, 1.807) is 18.2 Å². The van der Waals surface area contributed by atoms with Crippen LogP contribution in [0.4, 0.5) is 25.8 Å². The summed E-state index contributed by atoms with van der Waals surface area (Å²) in [5.41, 5.74) is 3.77. The third-order valence-corrected chi connectivity index (χ3v) is 13.6. The Morgan fingerprint density at radius 2 is 1.51 bits per heavy atom. The van der Waals surface area contributed by atoms with Crippen LogP contribution in [0.25, 0.3) is 0 Å². The number of hydrogen-bond acceptors (Lipinski definition) is 10. The summed E-state index contributed by atoms with van der Waals surface area (Å²) in [6.07, 6.45) is 0.441. The molecule has 5 saturated heterocycles. The third-order valence-electron chi connectivity index (χ3n) is 13.6. The van der Waals surface area contributed by atoms with Crippen molar-refractivity contribution >= 4 is 46.6 Å². The number of piperazine rings is 1.